The molecule has 14 heteroatoms. The Labute approximate surface area is 317 Å². The molecule has 5 amide bonds. The minimum atomic E-state index is -3.71. The van der Waals surface area contributed by atoms with Gasteiger partial charge in [-0.3, -0.25) is 19.2 Å². The molecule has 13 nitrogen and oxygen atoms in total. The minimum Gasteiger partial charge on any atom is -0.380 e. The number of piperidine rings is 1. The highest BCUT2D eigenvalue weighted by atomic mass is 32.2. The van der Waals surface area contributed by atoms with Gasteiger partial charge in [0.05, 0.1) is 28.7 Å². The summed E-state index contributed by atoms with van der Waals surface area (Å²) in [6.45, 7) is 12.3. The van der Waals surface area contributed by atoms with Crippen LogP contribution in [0.4, 0.5) is 4.79 Å². The third-order valence-corrected chi connectivity index (χ3v) is 15.1. The highest BCUT2D eigenvalue weighted by molar-refractivity contribution is 7.92. The second kappa shape index (κ2) is 18.3. The number of amides is 5. The zero-order chi connectivity index (χ0) is 39.0. The summed E-state index contributed by atoms with van der Waals surface area (Å²) < 4.78 is 31.9. The fourth-order valence-electron chi connectivity index (χ4n) is 8.83. The number of ether oxygens (including phenoxy) is 1. The van der Waals surface area contributed by atoms with Crippen LogP contribution in [0.25, 0.3) is 0 Å². The van der Waals surface area contributed by atoms with Crippen molar-refractivity contribution >= 4 is 39.4 Å². The van der Waals surface area contributed by atoms with Gasteiger partial charge in [0.25, 0.3) is 5.91 Å². The van der Waals surface area contributed by atoms with Crippen LogP contribution in [-0.2, 0) is 33.8 Å². The average molecular weight is 766 g/mol. The second-order valence-corrected chi connectivity index (χ2v) is 19.9. The van der Waals surface area contributed by atoms with E-state index in [2.05, 4.69) is 35.1 Å². The van der Waals surface area contributed by atoms with Crippen molar-refractivity contribution in [1.29, 1.82) is 0 Å². The lowest BCUT2D eigenvalue weighted by Crippen LogP contribution is -2.62. The van der Waals surface area contributed by atoms with E-state index in [9.17, 15) is 32.4 Å². The molecule has 4 N–H and O–H groups in total. The van der Waals surface area contributed by atoms with Crippen molar-refractivity contribution in [2.24, 2.45) is 17.3 Å². The monoisotopic (exact) mass is 765 g/mol. The molecule has 2 aliphatic heterocycles. The Bertz CT molecular complexity index is 1430. The summed E-state index contributed by atoms with van der Waals surface area (Å²) in [7, 11) is -3.71. The zero-order valence-corrected chi connectivity index (χ0v) is 34.0. The molecule has 302 valence electrons. The molecule has 0 unspecified atom stereocenters. The molecule has 2 saturated carbocycles. The number of carbonyl (C=O) groups excluding carboxylic acids is 5. The highest BCUT2D eigenvalue weighted by Gasteiger charge is 2.69. The van der Waals surface area contributed by atoms with Crippen LogP contribution in [0.1, 0.15) is 138 Å². The summed E-state index contributed by atoms with van der Waals surface area (Å²) in [5.74, 6) is -2.47. The maximum atomic E-state index is 14.5. The minimum absolute atomic E-state index is 0.0506. The molecule has 4 fully saturated rings. The third-order valence-electron chi connectivity index (χ3n) is 12.4. The molecule has 2 heterocycles. The summed E-state index contributed by atoms with van der Waals surface area (Å²) >= 11 is 0. The Hall–Kier alpha value is -2.74. The van der Waals surface area contributed by atoms with Gasteiger partial charge in [0.1, 0.15) is 12.1 Å². The Morgan fingerprint density at radius 2 is 1.53 bits per heavy atom. The van der Waals surface area contributed by atoms with Gasteiger partial charge in [-0.1, -0.05) is 85.0 Å². The molecule has 0 aromatic heterocycles. The van der Waals surface area contributed by atoms with Crippen molar-refractivity contribution in [3.05, 3.63) is 0 Å². The SMILES string of the molecule is CCCNC(=O)C(=O)[C@H]1CCCCCCCCC[C@@H](NC(=O)NC2(CS(=O)(=O)C(C)(C)COCC)CCCCC2)C(=O)N2C[C@H]3[C@@H]([C@H]2C(=O)N1)C3(C)C. The maximum Gasteiger partial charge on any atom is 0.315 e. The summed E-state index contributed by atoms with van der Waals surface area (Å²) in [5.41, 5.74) is -1.18. The fourth-order valence-corrected chi connectivity index (χ4v) is 10.6. The van der Waals surface area contributed by atoms with E-state index < -0.39 is 61.9 Å². The summed E-state index contributed by atoms with van der Waals surface area (Å²) in [6.07, 6.45) is 10.9. The summed E-state index contributed by atoms with van der Waals surface area (Å²) in [6, 6.07) is -3.36. The van der Waals surface area contributed by atoms with Crippen molar-refractivity contribution in [3.8, 4) is 0 Å². The molecule has 0 bridgehead atoms. The van der Waals surface area contributed by atoms with Gasteiger partial charge in [-0.25, -0.2) is 13.2 Å². The summed E-state index contributed by atoms with van der Waals surface area (Å²) in [4.78, 5) is 70.2. The number of rotatable bonds is 12. The van der Waals surface area contributed by atoms with Gasteiger partial charge in [-0.05, 0) is 70.1 Å². The van der Waals surface area contributed by atoms with Crippen LogP contribution in [0.5, 0.6) is 0 Å². The van der Waals surface area contributed by atoms with E-state index in [4.69, 9.17) is 4.74 Å². The van der Waals surface area contributed by atoms with Crippen LogP contribution in [-0.4, -0.2) is 103 Å². The van der Waals surface area contributed by atoms with E-state index >= 15 is 0 Å². The molecule has 2 saturated heterocycles. The lowest BCUT2D eigenvalue weighted by molar-refractivity contribution is -0.144. The molecular weight excluding hydrogens is 699 g/mol. The van der Waals surface area contributed by atoms with E-state index in [1.54, 1.807) is 18.7 Å². The lowest BCUT2D eigenvalue weighted by Gasteiger charge is -2.40. The van der Waals surface area contributed by atoms with Gasteiger partial charge in [0, 0.05) is 19.7 Å². The van der Waals surface area contributed by atoms with Crippen LogP contribution < -0.4 is 21.3 Å². The number of hydrogen-bond acceptors (Lipinski definition) is 8. The molecule has 0 spiro atoms. The van der Waals surface area contributed by atoms with E-state index in [0.29, 0.717) is 64.6 Å². The van der Waals surface area contributed by atoms with Gasteiger partial charge >= 0.3 is 6.03 Å². The first-order valence-electron chi connectivity index (χ1n) is 20.3. The highest BCUT2D eigenvalue weighted by Crippen LogP contribution is 2.65. The largest absolute Gasteiger partial charge is 0.380 e. The predicted molar refractivity (Wildman–Crippen MR) is 204 cm³/mol. The molecule has 2 aliphatic carbocycles. The van der Waals surface area contributed by atoms with Crippen molar-refractivity contribution in [2.45, 2.75) is 166 Å². The first-order chi connectivity index (χ1) is 25.0. The molecule has 4 rings (SSSR count). The number of ketones is 1. The number of nitrogens with zero attached hydrogens (tertiary/aromatic N) is 1. The topological polar surface area (TPSA) is 180 Å². The third kappa shape index (κ3) is 10.5. The van der Waals surface area contributed by atoms with Gasteiger partial charge < -0.3 is 30.9 Å². The van der Waals surface area contributed by atoms with Crippen molar-refractivity contribution in [2.75, 3.05) is 32.1 Å². The number of fused-ring (bicyclic) bond motifs is 3. The molecule has 0 aromatic rings. The Kier molecular flexibility index (Phi) is 14.8. The number of nitrogens with one attached hydrogen (secondary N) is 4. The number of sulfone groups is 1. The molecule has 0 radical (unpaired) electrons. The number of urea groups is 1. The molecule has 4 aliphatic rings. The van der Waals surface area contributed by atoms with E-state index in [0.717, 1.165) is 51.4 Å². The Morgan fingerprint density at radius 3 is 2.15 bits per heavy atom. The van der Waals surface area contributed by atoms with Crippen molar-refractivity contribution in [3.63, 3.8) is 0 Å². The van der Waals surface area contributed by atoms with Crippen LogP contribution >= 0.6 is 0 Å². The van der Waals surface area contributed by atoms with Gasteiger partial charge in [-0.15, -0.1) is 0 Å². The number of Topliss-reactive ketones (excluding diaryl/α,β-unsaturated/α-hetero) is 1. The van der Waals surface area contributed by atoms with Gasteiger partial charge in [0.15, 0.2) is 9.84 Å². The van der Waals surface area contributed by atoms with E-state index in [-0.39, 0.29) is 35.5 Å². The standard InChI is InChI=1S/C39H67N5O8S/c1-7-23-40-34(47)32(45)28-19-15-12-10-9-11-13-16-20-29(35(48)44-24-27-30(38(27,5)6)31(44)33(46)41-28)42-36(49)43-39(21-17-14-18-22-39)26-53(50,51)37(3,4)25-52-8-2/h27-31H,7-26H2,1-6H3,(H,40,47)(H,41,46)(H2,42,43,49)/t27-,28+,29+,30-,31-/m0/s1. The van der Waals surface area contributed by atoms with Crippen molar-refractivity contribution in [1.82, 2.24) is 26.2 Å². The number of carbonyl (C=O) groups is 5. The average Bonchev–Trinajstić information content (AvgIpc) is 3.40. The lowest BCUT2D eigenvalue weighted by atomic mass is 9.83. The number of hydrogen-bond donors (Lipinski definition) is 4. The Morgan fingerprint density at radius 1 is 0.925 bits per heavy atom. The first kappa shape index (κ1) is 43.0. The van der Waals surface area contributed by atoms with Crippen LogP contribution in [0.15, 0.2) is 0 Å². The molecule has 0 aromatic carbocycles. The predicted octanol–water partition coefficient (Wildman–Crippen LogP) is 4.17. The van der Waals surface area contributed by atoms with E-state index in [1.807, 2.05) is 13.8 Å². The molecule has 5 atom stereocenters. The van der Waals surface area contributed by atoms with Crippen LogP contribution in [0, 0.1) is 17.3 Å². The van der Waals surface area contributed by atoms with Crippen LogP contribution in [0.2, 0.25) is 0 Å². The van der Waals surface area contributed by atoms with Crippen LogP contribution in [0.3, 0.4) is 0 Å². The first-order valence-corrected chi connectivity index (χ1v) is 22.0. The fraction of sp³-hybridized carbons (Fsp3) is 0.872. The van der Waals surface area contributed by atoms with Gasteiger partial charge in [0.2, 0.25) is 17.6 Å². The zero-order valence-electron chi connectivity index (χ0n) is 33.2. The molecule has 53 heavy (non-hydrogen) atoms. The van der Waals surface area contributed by atoms with Crippen molar-refractivity contribution < 1.29 is 37.1 Å². The molecular formula is C39H67N5O8S. The quantitative estimate of drug-likeness (QED) is 0.214. The van der Waals surface area contributed by atoms with Gasteiger partial charge in [-0.2, -0.15) is 0 Å². The Balaban J connectivity index is 1.57. The maximum absolute atomic E-state index is 14.5. The normalized spacial score (nSPS) is 28.2. The second-order valence-electron chi connectivity index (χ2n) is 17.3. The van der Waals surface area contributed by atoms with E-state index in [1.165, 1.54) is 0 Å². The smallest absolute Gasteiger partial charge is 0.315 e. The summed E-state index contributed by atoms with van der Waals surface area (Å²) in [5, 5.41) is 11.5.